The van der Waals surface area contributed by atoms with Gasteiger partial charge in [0.15, 0.2) is 0 Å². The van der Waals surface area contributed by atoms with Crippen molar-refractivity contribution in [3.63, 3.8) is 0 Å². The lowest BCUT2D eigenvalue weighted by atomic mass is 10.1. The lowest BCUT2D eigenvalue weighted by molar-refractivity contribution is 0.100. The third-order valence-electron chi connectivity index (χ3n) is 4.18. The Morgan fingerprint density at radius 2 is 2.00 bits per heavy atom. The van der Waals surface area contributed by atoms with Gasteiger partial charge >= 0.3 is 0 Å². The van der Waals surface area contributed by atoms with E-state index in [0.717, 1.165) is 18.3 Å². The first-order valence-corrected chi connectivity index (χ1v) is 7.05. The second kappa shape index (κ2) is 4.85. The quantitative estimate of drug-likeness (QED) is 0.867. The summed E-state index contributed by atoms with van der Waals surface area (Å²) in [7, 11) is 0. The highest BCUT2D eigenvalue weighted by molar-refractivity contribution is 5.93. The smallest absolute Gasteiger partial charge is 0.248 e. The highest BCUT2D eigenvalue weighted by Crippen LogP contribution is 2.34. The van der Waals surface area contributed by atoms with Crippen LogP contribution in [0, 0.1) is 0 Å². The standard InChI is InChI=1S/C15H21N3O/c1-10-8-13(9-18(10)14-6-7-14)17-12-4-2-11(3-5-12)15(16)19/h2-5,10,13-14,17H,6-9H2,1H3,(H2,16,19). The van der Waals surface area contributed by atoms with Gasteiger partial charge < -0.3 is 11.1 Å². The molecule has 2 fully saturated rings. The van der Waals surface area contributed by atoms with Crippen LogP contribution in [0.5, 0.6) is 0 Å². The largest absolute Gasteiger partial charge is 0.381 e. The maximum atomic E-state index is 11.0. The van der Waals surface area contributed by atoms with Crippen LogP contribution >= 0.6 is 0 Å². The Kier molecular flexibility index (Phi) is 3.19. The van der Waals surface area contributed by atoms with Crippen LogP contribution in [-0.2, 0) is 0 Å². The number of amides is 1. The van der Waals surface area contributed by atoms with E-state index in [0.29, 0.717) is 17.6 Å². The molecule has 3 rings (SSSR count). The molecular weight excluding hydrogens is 238 g/mol. The summed E-state index contributed by atoms with van der Waals surface area (Å²) in [6, 6.07) is 9.45. The van der Waals surface area contributed by atoms with Gasteiger partial charge in [-0.3, -0.25) is 9.69 Å². The summed E-state index contributed by atoms with van der Waals surface area (Å²) in [6.07, 6.45) is 3.92. The van der Waals surface area contributed by atoms with Crippen LogP contribution in [-0.4, -0.2) is 35.5 Å². The van der Waals surface area contributed by atoms with E-state index in [9.17, 15) is 4.79 Å². The number of nitrogens with zero attached hydrogens (tertiary/aromatic N) is 1. The van der Waals surface area contributed by atoms with E-state index in [-0.39, 0.29) is 5.91 Å². The van der Waals surface area contributed by atoms with Gasteiger partial charge in [-0.15, -0.1) is 0 Å². The van der Waals surface area contributed by atoms with Crippen LogP contribution in [0.1, 0.15) is 36.5 Å². The lowest BCUT2D eigenvalue weighted by Crippen LogP contribution is -2.31. The Morgan fingerprint density at radius 1 is 1.32 bits per heavy atom. The van der Waals surface area contributed by atoms with Crippen molar-refractivity contribution in [2.24, 2.45) is 5.73 Å². The molecular formula is C15H21N3O. The molecule has 3 N–H and O–H groups in total. The van der Waals surface area contributed by atoms with Crippen LogP contribution in [0.15, 0.2) is 24.3 Å². The first-order chi connectivity index (χ1) is 9.13. The molecule has 1 saturated carbocycles. The molecule has 1 heterocycles. The second-order valence-corrected chi connectivity index (χ2v) is 5.80. The first kappa shape index (κ1) is 12.5. The third kappa shape index (κ3) is 2.73. The van der Waals surface area contributed by atoms with E-state index in [4.69, 9.17) is 5.73 Å². The summed E-state index contributed by atoms with van der Waals surface area (Å²) in [5, 5.41) is 3.56. The number of likely N-dealkylation sites (tertiary alicyclic amines) is 1. The number of nitrogens with two attached hydrogens (primary N) is 1. The molecule has 19 heavy (non-hydrogen) atoms. The second-order valence-electron chi connectivity index (χ2n) is 5.80. The van der Waals surface area contributed by atoms with E-state index < -0.39 is 0 Å². The predicted molar refractivity (Wildman–Crippen MR) is 76.2 cm³/mol. The maximum Gasteiger partial charge on any atom is 0.248 e. The number of rotatable bonds is 4. The summed E-state index contributed by atoms with van der Waals surface area (Å²) in [5.74, 6) is -0.374. The van der Waals surface area contributed by atoms with E-state index in [1.54, 1.807) is 12.1 Å². The van der Waals surface area contributed by atoms with Crippen molar-refractivity contribution >= 4 is 11.6 Å². The average molecular weight is 259 g/mol. The Bertz CT molecular complexity index is 467. The van der Waals surface area contributed by atoms with Gasteiger partial charge in [-0.2, -0.15) is 0 Å². The van der Waals surface area contributed by atoms with Crippen molar-refractivity contribution in [2.45, 2.75) is 44.3 Å². The maximum absolute atomic E-state index is 11.0. The molecule has 1 aliphatic carbocycles. The topological polar surface area (TPSA) is 58.4 Å². The fourth-order valence-corrected chi connectivity index (χ4v) is 3.04. The fourth-order valence-electron chi connectivity index (χ4n) is 3.04. The van der Waals surface area contributed by atoms with Crippen molar-refractivity contribution < 1.29 is 4.79 Å². The van der Waals surface area contributed by atoms with Gasteiger partial charge in [0.1, 0.15) is 0 Å². The molecule has 4 nitrogen and oxygen atoms in total. The Hall–Kier alpha value is -1.55. The predicted octanol–water partition coefficient (Wildman–Crippen LogP) is 1.82. The number of nitrogens with one attached hydrogen (secondary N) is 1. The fraction of sp³-hybridized carbons (Fsp3) is 0.533. The van der Waals surface area contributed by atoms with Crippen molar-refractivity contribution in [1.82, 2.24) is 4.90 Å². The molecule has 1 amide bonds. The minimum Gasteiger partial charge on any atom is -0.381 e. The number of benzene rings is 1. The molecule has 0 radical (unpaired) electrons. The molecule has 0 spiro atoms. The van der Waals surface area contributed by atoms with Gasteiger partial charge in [-0.05, 0) is 50.5 Å². The van der Waals surface area contributed by atoms with Crippen molar-refractivity contribution in [2.75, 3.05) is 11.9 Å². The Balaban J connectivity index is 1.60. The van der Waals surface area contributed by atoms with Crippen molar-refractivity contribution in [3.8, 4) is 0 Å². The summed E-state index contributed by atoms with van der Waals surface area (Å²) in [4.78, 5) is 13.6. The monoisotopic (exact) mass is 259 g/mol. The summed E-state index contributed by atoms with van der Waals surface area (Å²) < 4.78 is 0. The zero-order chi connectivity index (χ0) is 13.4. The highest BCUT2D eigenvalue weighted by atomic mass is 16.1. The van der Waals surface area contributed by atoms with Gasteiger partial charge in [0.05, 0.1) is 0 Å². The summed E-state index contributed by atoms with van der Waals surface area (Å²) >= 11 is 0. The van der Waals surface area contributed by atoms with Gasteiger partial charge in [0, 0.05) is 35.9 Å². The number of hydrogen-bond donors (Lipinski definition) is 2. The first-order valence-electron chi connectivity index (χ1n) is 7.05. The van der Waals surface area contributed by atoms with Crippen LogP contribution < -0.4 is 11.1 Å². The minimum absolute atomic E-state index is 0.374. The summed E-state index contributed by atoms with van der Waals surface area (Å²) in [6.45, 7) is 3.44. The molecule has 102 valence electrons. The lowest BCUT2D eigenvalue weighted by Gasteiger charge is -2.20. The molecule has 1 aromatic carbocycles. The third-order valence-corrected chi connectivity index (χ3v) is 4.18. The number of hydrogen-bond acceptors (Lipinski definition) is 3. The highest BCUT2D eigenvalue weighted by Gasteiger charge is 2.38. The number of anilines is 1. The SMILES string of the molecule is CC1CC(Nc2ccc(C(N)=O)cc2)CN1C1CC1. The van der Waals surface area contributed by atoms with E-state index in [1.165, 1.54) is 19.3 Å². The Labute approximate surface area is 114 Å². The van der Waals surface area contributed by atoms with Gasteiger partial charge in [-0.1, -0.05) is 0 Å². The van der Waals surface area contributed by atoms with Gasteiger partial charge in [0.2, 0.25) is 5.91 Å². The molecule has 0 bridgehead atoms. The number of carbonyl (C=O) groups excluding carboxylic acids is 1. The van der Waals surface area contributed by atoms with E-state index in [2.05, 4.69) is 17.1 Å². The zero-order valence-electron chi connectivity index (χ0n) is 11.3. The number of primary amides is 1. The molecule has 1 saturated heterocycles. The van der Waals surface area contributed by atoms with E-state index in [1.807, 2.05) is 12.1 Å². The molecule has 2 atom stereocenters. The van der Waals surface area contributed by atoms with Crippen LogP contribution in [0.2, 0.25) is 0 Å². The van der Waals surface area contributed by atoms with Crippen LogP contribution in [0.3, 0.4) is 0 Å². The normalized spacial score (nSPS) is 27.4. The van der Waals surface area contributed by atoms with Crippen molar-refractivity contribution in [1.29, 1.82) is 0 Å². The summed E-state index contributed by atoms with van der Waals surface area (Å²) in [5.41, 5.74) is 6.87. The zero-order valence-corrected chi connectivity index (χ0v) is 11.3. The van der Waals surface area contributed by atoms with Crippen LogP contribution in [0.25, 0.3) is 0 Å². The molecule has 1 aliphatic heterocycles. The number of carbonyl (C=O) groups is 1. The Morgan fingerprint density at radius 3 is 2.58 bits per heavy atom. The molecule has 2 unspecified atom stereocenters. The van der Waals surface area contributed by atoms with Crippen LogP contribution in [0.4, 0.5) is 5.69 Å². The van der Waals surface area contributed by atoms with Gasteiger partial charge in [-0.25, -0.2) is 0 Å². The molecule has 0 aromatic heterocycles. The molecule has 2 aliphatic rings. The van der Waals surface area contributed by atoms with E-state index >= 15 is 0 Å². The van der Waals surface area contributed by atoms with Crippen molar-refractivity contribution in [3.05, 3.63) is 29.8 Å². The van der Waals surface area contributed by atoms with Gasteiger partial charge in [0.25, 0.3) is 0 Å². The average Bonchev–Trinajstić information content (AvgIpc) is 3.15. The molecule has 4 heteroatoms. The minimum atomic E-state index is -0.374. The molecule has 1 aromatic rings.